The second kappa shape index (κ2) is 9.10. The number of aromatic nitrogens is 1. The molecular formula is C25H30N2O2. The smallest absolute Gasteiger partial charge is 0.337 e. The minimum absolute atomic E-state index is 0.361. The topological polar surface area (TPSA) is 54.3 Å². The molecule has 4 heteroatoms. The van der Waals surface area contributed by atoms with E-state index in [4.69, 9.17) is 0 Å². The quantitative estimate of drug-likeness (QED) is 0.566. The van der Waals surface area contributed by atoms with E-state index in [-0.39, 0.29) is 0 Å². The molecule has 0 unspecified atom stereocenters. The molecule has 0 radical (unpaired) electrons. The molecule has 4 nitrogen and oxygen atoms in total. The molecule has 0 spiro atoms. The lowest BCUT2D eigenvalue weighted by molar-refractivity contribution is 0.0694. The third kappa shape index (κ3) is 4.77. The average Bonchev–Trinajstić information content (AvgIpc) is 2.93. The Bertz CT molecular complexity index is 990. The van der Waals surface area contributed by atoms with Crippen molar-refractivity contribution < 1.29 is 9.90 Å². The van der Waals surface area contributed by atoms with Crippen LogP contribution in [0.15, 0.2) is 54.6 Å². The SMILES string of the molecule is Cc1cccc(Cn2c(C)c(CNC[C@@H](C)c3ccccc3)c(C(=O)O)c2C)c1. The third-order valence-electron chi connectivity index (χ3n) is 5.67. The van der Waals surface area contributed by atoms with Crippen LogP contribution < -0.4 is 5.32 Å². The number of hydrogen-bond acceptors (Lipinski definition) is 2. The van der Waals surface area contributed by atoms with Gasteiger partial charge >= 0.3 is 5.97 Å². The fourth-order valence-corrected chi connectivity index (χ4v) is 3.99. The Morgan fingerprint density at radius 1 is 1.03 bits per heavy atom. The van der Waals surface area contributed by atoms with Gasteiger partial charge in [-0.1, -0.05) is 67.1 Å². The lowest BCUT2D eigenvalue weighted by Crippen LogP contribution is -2.21. The molecule has 1 aromatic heterocycles. The van der Waals surface area contributed by atoms with E-state index in [1.54, 1.807) is 0 Å². The Labute approximate surface area is 173 Å². The highest BCUT2D eigenvalue weighted by atomic mass is 16.4. The summed E-state index contributed by atoms with van der Waals surface area (Å²) in [6, 6.07) is 18.7. The van der Waals surface area contributed by atoms with Crippen molar-refractivity contribution in [2.45, 2.75) is 46.7 Å². The van der Waals surface area contributed by atoms with E-state index in [0.717, 1.165) is 23.5 Å². The Balaban J connectivity index is 1.79. The molecule has 3 aromatic rings. The zero-order chi connectivity index (χ0) is 21.0. The van der Waals surface area contributed by atoms with Crippen LogP contribution in [0.5, 0.6) is 0 Å². The van der Waals surface area contributed by atoms with Gasteiger partial charge in [-0.05, 0) is 37.8 Å². The van der Waals surface area contributed by atoms with Crippen molar-refractivity contribution in [2.24, 2.45) is 0 Å². The molecule has 1 heterocycles. The first-order valence-corrected chi connectivity index (χ1v) is 10.1. The standard InChI is InChI=1S/C25H30N2O2/c1-17-9-8-10-21(13-17)16-27-19(3)23(24(20(27)4)25(28)29)15-26-14-18(2)22-11-6-5-7-12-22/h5-13,18,26H,14-16H2,1-4H3,(H,28,29)/t18-/m1/s1. The minimum Gasteiger partial charge on any atom is -0.478 e. The largest absolute Gasteiger partial charge is 0.478 e. The molecule has 0 aliphatic heterocycles. The van der Waals surface area contributed by atoms with Crippen LogP contribution in [0.3, 0.4) is 0 Å². The highest BCUT2D eigenvalue weighted by Crippen LogP contribution is 2.24. The van der Waals surface area contributed by atoms with Gasteiger partial charge in [0.25, 0.3) is 0 Å². The van der Waals surface area contributed by atoms with Gasteiger partial charge in [-0.3, -0.25) is 0 Å². The number of benzene rings is 2. The first kappa shape index (κ1) is 20.9. The molecule has 1 atom stereocenters. The van der Waals surface area contributed by atoms with Crippen molar-refractivity contribution in [1.29, 1.82) is 0 Å². The van der Waals surface area contributed by atoms with Crippen LogP contribution >= 0.6 is 0 Å². The van der Waals surface area contributed by atoms with Crippen LogP contribution in [0.4, 0.5) is 0 Å². The Morgan fingerprint density at radius 2 is 1.76 bits per heavy atom. The fraction of sp³-hybridized carbons (Fsp3) is 0.320. The number of carboxylic acid groups (broad SMARTS) is 1. The van der Waals surface area contributed by atoms with Crippen LogP contribution in [-0.2, 0) is 13.1 Å². The predicted molar refractivity (Wildman–Crippen MR) is 118 cm³/mol. The van der Waals surface area contributed by atoms with Gasteiger partial charge in [-0.25, -0.2) is 4.79 Å². The molecule has 0 fully saturated rings. The zero-order valence-electron chi connectivity index (χ0n) is 17.7. The van der Waals surface area contributed by atoms with E-state index in [1.165, 1.54) is 16.7 Å². The summed E-state index contributed by atoms with van der Waals surface area (Å²) in [7, 11) is 0. The number of rotatable bonds is 8. The summed E-state index contributed by atoms with van der Waals surface area (Å²) in [5.74, 6) is -0.498. The summed E-state index contributed by atoms with van der Waals surface area (Å²) in [6.45, 7) is 10.2. The predicted octanol–water partition coefficient (Wildman–Crippen LogP) is 5.05. The molecule has 0 aliphatic carbocycles. The first-order chi connectivity index (χ1) is 13.9. The fourth-order valence-electron chi connectivity index (χ4n) is 3.99. The molecule has 0 saturated heterocycles. The Hall–Kier alpha value is -2.85. The Morgan fingerprint density at radius 3 is 2.41 bits per heavy atom. The van der Waals surface area contributed by atoms with E-state index < -0.39 is 5.97 Å². The second-order valence-electron chi connectivity index (χ2n) is 7.85. The van der Waals surface area contributed by atoms with Gasteiger partial charge in [0.15, 0.2) is 0 Å². The van der Waals surface area contributed by atoms with Gasteiger partial charge in [0, 0.05) is 36.6 Å². The van der Waals surface area contributed by atoms with Crippen molar-refractivity contribution in [3.63, 3.8) is 0 Å². The minimum atomic E-state index is -0.860. The normalized spacial score (nSPS) is 12.1. The van der Waals surface area contributed by atoms with Gasteiger partial charge in [-0.2, -0.15) is 0 Å². The summed E-state index contributed by atoms with van der Waals surface area (Å²) >= 11 is 0. The summed E-state index contributed by atoms with van der Waals surface area (Å²) in [6.07, 6.45) is 0. The summed E-state index contributed by atoms with van der Waals surface area (Å²) < 4.78 is 2.12. The van der Waals surface area contributed by atoms with Crippen LogP contribution in [0.25, 0.3) is 0 Å². The van der Waals surface area contributed by atoms with Gasteiger partial charge in [0.1, 0.15) is 0 Å². The second-order valence-corrected chi connectivity index (χ2v) is 7.85. The maximum atomic E-state index is 12.0. The number of aromatic carboxylic acids is 1. The Kier molecular flexibility index (Phi) is 6.55. The number of carboxylic acids is 1. The lowest BCUT2D eigenvalue weighted by atomic mass is 10.0. The molecule has 0 saturated carbocycles. The number of carbonyl (C=O) groups is 1. The molecule has 0 bridgehead atoms. The van der Waals surface area contributed by atoms with E-state index >= 15 is 0 Å². The summed E-state index contributed by atoms with van der Waals surface area (Å²) in [5, 5.41) is 13.3. The van der Waals surface area contributed by atoms with Gasteiger partial charge in [0.2, 0.25) is 0 Å². The molecule has 0 aliphatic rings. The van der Waals surface area contributed by atoms with E-state index in [9.17, 15) is 9.90 Å². The van der Waals surface area contributed by atoms with Crippen LogP contribution in [-0.4, -0.2) is 22.2 Å². The number of hydrogen-bond donors (Lipinski definition) is 2. The first-order valence-electron chi connectivity index (χ1n) is 10.1. The highest BCUT2D eigenvalue weighted by molar-refractivity contribution is 5.91. The maximum Gasteiger partial charge on any atom is 0.337 e. The molecule has 3 rings (SSSR count). The number of aryl methyl sites for hydroxylation is 1. The maximum absolute atomic E-state index is 12.0. The van der Waals surface area contributed by atoms with Crippen molar-refractivity contribution >= 4 is 5.97 Å². The zero-order valence-corrected chi connectivity index (χ0v) is 17.7. The number of nitrogens with zero attached hydrogens (tertiary/aromatic N) is 1. The molecule has 152 valence electrons. The number of nitrogens with one attached hydrogen (secondary N) is 1. The van der Waals surface area contributed by atoms with Crippen molar-refractivity contribution in [3.8, 4) is 0 Å². The molecule has 2 aromatic carbocycles. The summed E-state index contributed by atoms with van der Waals surface area (Å²) in [4.78, 5) is 12.0. The monoisotopic (exact) mass is 390 g/mol. The van der Waals surface area contributed by atoms with Gasteiger partial charge < -0.3 is 15.0 Å². The van der Waals surface area contributed by atoms with E-state index in [1.807, 2.05) is 38.1 Å². The average molecular weight is 391 g/mol. The summed E-state index contributed by atoms with van der Waals surface area (Å²) in [5.41, 5.74) is 6.80. The van der Waals surface area contributed by atoms with Crippen LogP contribution in [0.1, 0.15) is 56.8 Å². The molecule has 2 N–H and O–H groups in total. The van der Waals surface area contributed by atoms with E-state index in [0.29, 0.717) is 24.6 Å². The van der Waals surface area contributed by atoms with Crippen molar-refractivity contribution in [1.82, 2.24) is 9.88 Å². The van der Waals surface area contributed by atoms with Gasteiger partial charge in [0.05, 0.1) is 5.56 Å². The molecule has 0 amide bonds. The lowest BCUT2D eigenvalue weighted by Gasteiger charge is -2.14. The third-order valence-corrected chi connectivity index (χ3v) is 5.67. The van der Waals surface area contributed by atoms with Gasteiger partial charge in [-0.15, -0.1) is 0 Å². The van der Waals surface area contributed by atoms with Crippen molar-refractivity contribution in [2.75, 3.05) is 6.54 Å². The highest BCUT2D eigenvalue weighted by Gasteiger charge is 2.22. The van der Waals surface area contributed by atoms with Crippen LogP contribution in [0.2, 0.25) is 0 Å². The van der Waals surface area contributed by atoms with E-state index in [2.05, 4.69) is 54.1 Å². The molecular weight excluding hydrogens is 360 g/mol. The van der Waals surface area contributed by atoms with Crippen molar-refractivity contribution in [3.05, 3.63) is 93.8 Å². The molecule has 29 heavy (non-hydrogen) atoms. The van der Waals surface area contributed by atoms with Crippen LogP contribution in [0, 0.1) is 20.8 Å².